The number of esters is 1. The third-order valence-corrected chi connectivity index (χ3v) is 3.03. The molecule has 2 aromatic carbocycles. The molecule has 0 aliphatic heterocycles. The highest BCUT2D eigenvalue weighted by atomic mass is 19.4. The summed E-state index contributed by atoms with van der Waals surface area (Å²) in [6.07, 6.45) is -3.27. The average molecular weight is 306 g/mol. The smallest absolute Gasteiger partial charge is 0.416 e. The Labute approximate surface area is 125 Å². The van der Waals surface area contributed by atoms with Crippen LogP contribution in [-0.4, -0.2) is 5.97 Å². The Bertz CT molecular complexity index is 676. The van der Waals surface area contributed by atoms with Gasteiger partial charge in [0, 0.05) is 0 Å². The van der Waals surface area contributed by atoms with Crippen LogP contribution in [0.5, 0.6) is 0 Å². The van der Waals surface area contributed by atoms with Crippen LogP contribution in [0.3, 0.4) is 0 Å². The minimum absolute atomic E-state index is 0.0529. The molecular formula is C17H13F3O2. The van der Waals surface area contributed by atoms with Crippen LogP contribution in [0.25, 0.3) is 6.08 Å². The molecule has 2 rings (SSSR count). The van der Waals surface area contributed by atoms with Crippen molar-refractivity contribution in [2.24, 2.45) is 0 Å². The molecule has 0 fully saturated rings. The fourth-order valence-electron chi connectivity index (χ4n) is 1.89. The lowest BCUT2D eigenvalue weighted by molar-refractivity contribution is -0.137. The maximum absolute atomic E-state index is 12.7. The largest absolute Gasteiger partial charge is 0.457 e. The van der Waals surface area contributed by atoms with Crippen LogP contribution >= 0.6 is 0 Å². The van der Waals surface area contributed by atoms with Crippen molar-refractivity contribution in [3.63, 3.8) is 0 Å². The summed E-state index contributed by atoms with van der Waals surface area (Å²) in [5.74, 6) is -0.688. The molecule has 0 spiro atoms. The van der Waals surface area contributed by atoms with E-state index in [9.17, 15) is 18.0 Å². The van der Waals surface area contributed by atoms with E-state index in [1.807, 2.05) is 6.07 Å². The quantitative estimate of drug-likeness (QED) is 0.765. The number of hydrogen-bond acceptors (Lipinski definition) is 2. The molecule has 22 heavy (non-hydrogen) atoms. The Balaban J connectivity index is 2.17. The zero-order valence-corrected chi connectivity index (χ0v) is 11.6. The molecule has 0 saturated carbocycles. The van der Waals surface area contributed by atoms with Gasteiger partial charge in [0.15, 0.2) is 0 Å². The minimum atomic E-state index is -4.47. The van der Waals surface area contributed by atoms with E-state index in [4.69, 9.17) is 4.74 Å². The lowest BCUT2D eigenvalue weighted by Crippen LogP contribution is -2.10. The van der Waals surface area contributed by atoms with Crippen molar-refractivity contribution in [2.45, 2.75) is 12.8 Å². The highest BCUT2D eigenvalue weighted by Gasteiger charge is 2.31. The lowest BCUT2D eigenvalue weighted by Gasteiger charge is -2.11. The van der Waals surface area contributed by atoms with Crippen molar-refractivity contribution in [1.82, 2.24) is 0 Å². The monoisotopic (exact) mass is 306 g/mol. The summed E-state index contributed by atoms with van der Waals surface area (Å²) in [5.41, 5.74) is 0.108. The Morgan fingerprint density at radius 1 is 1.14 bits per heavy atom. The van der Waals surface area contributed by atoms with Crippen LogP contribution < -0.4 is 0 Å². The van der Waals surface area contributed by atoms with E-state index >= 15 is 0 Å². The van der Waals surface area contributed by atoms with E-state index in [0.717, 1.165) is 23.8 Å². The first-order valence-corrected chi connectivity index (χ1v) is 6.46. The van der Waals surface area contributed by atoms with E-state index in [2.05, 4.69) is 6.58 Å². The molecule has 0 amide bonds. The standard InChI is InChI=1S/C17H13F3O2/c1-2-13-10-14(17(18,19)20)8-9-15(13)16(21)22-11-12-6-4-3-5-7-12/h2-10H,1,11H2. The van der Waals surface area contributed by atoms with Crippen LogP contribution in [0.15, 0.2) is 55.1 Å². The van der Waals surface area contributed by atoms with E-state index < -0.39 is 17.7 Å². The molecule has 0 N–H and O–H groups in total. The Morgan fingerprint density at radius 3 is 2.41 bits per heavy atom. The lowest BCUT2D eigenvalue weighted by atomic mass is 10.0. The fourth-order valence-corrected chi connectivity index (χ4v) is 1.89. The first kappa shape index (κ1) is 15.8. The van der Waals surface area contributed by atoms with Crippen LogP contribution in [0.4, 0.5) is 13.2 Å². The van der Waals surface area contributed by atoms with Gasteiger partial charge in [0.1, 0.15) is 6.61 Å². The van der Waals surface area contributed by atoms with Crippen LogP contribution in [0.1, 0.15) is 27.0 Å². The predicted molar refractivity (Wildman–Crippen MR) is 77.1 cm³/mol. The van der Waals surface area contributed by atoms with Gasteiger partial charge in [-0.05, 0) is 29.3 Å². The van der Waals surface area contributed by atoms with E-state index in [-0.39, 0.29) is 17.7 Å². The minimum Gasteiger partial charge on any atom is -0.457 e. The second-order valence-electron chi connectivity index (χ2n) is 4.57. The molecule has 0 unspecified atom stereocenters. The third kappa shape index (κ3) is 3.75. The van der Waals surface area contributed by atoms with Gasteiger partial charge in [0.2, 0.25) is 0 Å². The van der Waals surface area contributed by atoms with Gasteiger partial charge in [-0.25, -0.2) is 4.79 Å². The molecule has 0 bridgehead atoms. The van der Waals surface area contributed by atoms with Crippen LogP contribution in [0, 0.1) is 0 Å². The number of hydrogen-bond donors (Lipinski definition) is 0. The summed E-state index contributed by atoms with van der Waals surface area (Å²) >= 11 is 0. The first-order chi connectivity index (χ1) is 10.4. The van der Waals surface area contributed by atoms with E-state index in [1.165, 1.54) is 6.08 Å². The predicted octanol–water partition coefficient (Wildman–Crippen LogP) is 4.71. The van der Waals surface area contributed by atoms with Crippen molar-refractivity contribution < 1.29 is 22.7 Å². The summed E-state index contributed by atoms with van der Waals surface area (Å²) in [4.78, 5) is 12.0. The van der Waals surface area contributed by atoms with Crippen LogP contribution in [0.2, 0.25) is 0 Å². The third-order valence-electron chi connectivity index (χ3n) is 3.03. The molecule has 0 radical (unpaired) electrons. The second kappa shape index (κ2) is 6.47. The molecule has 0 aromatic heterocycles. The van der Waals surface area contributed by atoms with Gasteiger partial charge in [0.25, 0.3) is 0 Å². The Hall–Kier alpha value is -2.56. The second-order valence-corrected chi connectivity index (χ2v) is 4.57. The van der Waals surface area contributed by atoms with Gasteiger partial charge < -0.3 is 4.74 Å². The number of rotatable bonds is 4. The number of carbonyl (C=O) groups excluding carboxylic acids is 1. The molecule has 114 valence electrons. The van der Waals surface area contributed by atoms with Gasteiger partial charge in [-0.3, -0.25) is 0 Å². The van der Waals surface area contributed by atoms with Gasteiger partial charge >= 0.3 is 12.1 Å². The Kier molecular flexibility index (Phi) is 4.65. The molecule has 0 aliphatic carbocycles. The first-order valence-electron chi connectivity index (χ1n) is 6.46. The molecule has 5 heteroatoms. The van der Waals surface area contributed by atoms with Gasteiger partial charge in [-0.2, -0.15) is 13.2 Å². The van der Waals surface area contributed by atoms with E-state index in [1.54, 1.807) is 24.3 Å². The van der Waals surface area contributed by atoms with Crippen molar-refractivity contribution in [1.29, 1.82) is 0 Å². The van der Waals surface area contributed by atoms with Crippen molar-refractivity contribution in [3.05, 3.63) is 77.4 Å². The number of alkyl halides is 3. The fraction of sp³-hybridized carbons (Fsp3) is 0.118. The average Bonchev–Trinajstić information content (AvgIpc) is 2.52. The normalized spacial score (nSPS) is 11.0. The van der Waals surface area contributed by atoms with Crippen molar-refractivity contribution in [3.8, 4) is 0 Å². The maximum atomic E-state index is 12.7. The van der Waals surface area contributed by atoms with Gasteiger partial charge in [-0.1, -0.05) is 43.0 Å². The topological polar surface area (TPSA) is 26.3 Å². The Morgan fingerprint density at radius 2 is 1.82 bits per heavy atom. The molecule has 2 nitrogen and oxygen atoms in total. The highest BCUT2D eigenvalue weighted by Crippen LogP contribution is 2.31. The summed E-state index contributed by atoms with van der Waals surface area (Å²) in [7, 11) is 0. The summed E-state index contributed by atoms with van der Waals surface area (Å²) in [6.45, 7) is 3.49. The molecule has 0 heterocycles. The summed E-state index contributed by atoms with van der Waals surface area (Å²) < 4.78 is 43.1. The molecule has 0 atom stereocenters. The van der Waals surface area contributed by atoms with Crippen molar-refractivity contribution in [2.75, 3.05) is 0 Å². The number of ether oxygens (including phenoxy) is 1. The van der Waals surface area contributed by atoms with Gasteiger partial charge in [-0.15, -0.1) is 0 Å². The SMILES string of the molecule is C=Cc1cc(C(F)(F)F)ccc1C(=O)OCc1ccccc1. The molecule has 0 saturated heterocycles. The zero-order valence-electron chi connectivity index (χ0n) is 11.6. The summed E-state index contributed by atoms with van der Waals surface area (Å²) in [6, 6.07) is 11.8. The number of benzene rings is 2. The molecule has 2 aromatic rings. The summed E-state index contributed by atoms with van der Waals surface area (Å²) in [5, 5.41) is 0. The van der Waals surface area contributed by atoms with Crippen molar-refractivity contribution >= 4 is 12.0 Å². The molecule has 0 aliphatic rings. The van der Waals surface area contributed by atoms with Crippen LogP contribution in [-0.2, 0) is 17.5 Å². The van der Waals surface area contributed by atoms with Gasteiger partial charge in [0.05, 0.1) is 11.1 Å². The molecular weight excluding hydrogens is 293 g/mol. The number of halogens is 3. The highest BCUT2D eigenvalue weighted by molar-refractivity contribution is 5.93. The number of carbonyl (C=O) groups is 1. The maximum Gasteiger partial charge on any atom is 0.416 e. The zero-order chi connectivity index (χ0) is 16.2. The van der Waals surface area contributed by atoms with E-state index in [0.29, 0.717) is 0 Å².